The van der Waals surface area contributed by atoms with Gasteiger partial charge in [-0.25, -0.2) is 0 Å². The Labute approximate surface area is 111 Å². The molecule has 2 heteroatoms. The summed E-state index contributed by atoms with van der Waals surface area (Å²) in [6, 6.07) is 2.15. The largest absolute Gasteiger partial charge is 0.367 e. The highest BCUT2D eigenvalue weighted by Gasteiger charge is 2.50. The normalized spacial score (nSPS) is 40.6. The maximum atomic E-state index is 8.87. The van der Waals surface area contributed by atoms with Crippen LogP contribution in [0.2, 0.25) is 0 Å². The van der Waals surface area contributed by atoms with Crippen LogP contribution in [0.5, 0.6) is 0 Å². The first-order valence-corrected chi connectivity index (χ1v) is 7.40. The van der Waals surface area contributed by atoms with E-state index in [2.05, 4.69) is 12.6 Å². The summed E-state index contributed by atoms with van der Waals surface area (Å²) in [5.74, 6) is 3.09. The molecule has 0 atom stereocenters. The maximum Gasteiger partial charge on any atom is 0.116 e. The fourth-order valence-corrected chi connectivity index (χ4v) is 5.22. The Morgan fingerprint density at radius 1 is 1.22 bits per heavy atom. The molecular weight excluding hydrogens is 220 g/mol. The van der Waals surface area contributed by atoms with E-state index in [0.717, 1.165) is 24.3 Å². The Bertz CT molecular complexity index is 355. The fourth-order valence-electron chi connectivity index (χ4n) is 5.22. The number of hydrogen-bond acceptors (Lipinski definition) is 2. The molecule has 0 N–H and O–H groups in total. The van der Waals surface area contributed by atoms with Crippen molar-refractivity contribution in [2.45, 2.75) is 44.9 Å². The van der Waals surface area contributed by atoms with E-state index in [1.165, 1.54) is 44.9 Å². The van der Waals surface area contributed by atoms with Crippen molar-refractivity contribution in [1.29, 1.82) is 5.26 Å². The molecule has 4 aliphatic carbocycles. The predicted octanol–water partition coefficient (Wildman–Crippen LogP) is 3.56. The molecule has 0 aromatic rings. The molecule has 0 aromatic heterocycles. The maximum absolute atomic E-state index is 8.87. The van der Waals surface area contributed by atoms with Gasteiger partial charge in [-0.2, -0.15) is 5.26 Å². The van der Waals surface area contributed by atoms with Crippen molar-refractivity contribution >= 4 is 0 Å². The van der Waals surface area contributed by atoms with Gasteiger partial charge in [0.1, 0.15) is 11.8 Å². The van der Waals surface area contributed by atoms with E-state index in [4.69, 9.17) is 5.26 Å². The van der Waals surface area contributed by atoms with Gasteiger partial charge < -0.3 is 4.90 Å². The molecule has 4 fully saturated rings. The second-order valence-corrected chi connectivity index (χ2v) is 7.15. The average Bonchev–Trinajstić information content (AvgIpc) is 2.33. The molecule has 0 heterocycles. The molecule has 4 bridgehead atoms. The topological polar surface area (TPSA) is 27.0 Å². The fraction of sp³-hybridized carbons (Fsp3) is 0.812. The summed E-state index contributed by atoms with van der Waals surface area (Å²) in [6.07, 6.45) is 10.2. The molecule has 2 nitrogen and oxygen atoms in total. The van der Waals surface area contributed by atoms with Gasteiger partial charge in [-0.1, -0.05) is 6.58 Å². The molecule has 4 rings (SSSR count). The first kappa shape index (κ1) is 12.1. The standard InChI is InChI=1S/C16H24N2/c1-12(11-17)18(2)4-3-16-8-13-5-14(9-16)7-15(6-13)10-16/h13-15H,1,3-10H2,2H3. The molecule has 0 radical (unpaired) electrons. The summed E-state index contributed by atoms with van der Waals surface area (Å²) in [7, 11) is 2.01. The minimum Gasteiger partial charge on any atom is -0.367 e. The van der Waals surface area contributed by atoms with Gasteiger partial charge >= 0.3 is 0 Å². The third kappa shape index (κ3) is 2.05. The quantitative estimate of drug-likeness (QED) is 0.707. The van der Waals surface area contributed by atoms with Crippen molar-refractivity contribution < 1.29 is 0 Å². The van der Waals surface area contributed by atoms with Gasteiger partial charge in [0.15, 0.2) is 0 Å². The molecular formula is C16H24N2. The zero-order valence-electron chi connectivity index (χ0n) is 11.5. The SMILES string of the molecule is C=C(C#N)N(C)CCC12CC3CC(CC(C3)C1)C2. The Hall–Kier alpha value is -0.970. The summed E-state index contributed by atoms with van der Waals surface area (Å²) in [5.41, 5.74) is 1.23. The first-order valence-electron chi connectivity index (χ1n) is 7.40. The second kappa shape index (κ2) is 4.30. The van der Waals surface area contributed by atoms with Gasteiger partial charge in [-0.15, -0.1) is 0 Å². The highest BCUT2D eigenvalue weighted by molar-refractivity contribution is 5.14. The van der Waals surface area contributed by atoms with Crippen molar-refractivity contribution in [2.24, 2.45) is 23.2 Å². The molecule has 0 spiro atoms. The molecule has 0 aliphatic heterocycles. The van der Waals surface area contributed by atoms with E-state index in [1.807, 2.05) is 11.9 Å². The van der Waals surface area contributed by atoms with E-state index < -0.39 is 0 Å². The number of nitriles is 1. The lowest BCUT2D eigenvalue weighted by Gasteiger charge is -2.57. The van der Waals surface area contributed by atoms with Crippen molar-refractivity contribution in [1.82, 2.24) is 4.90 Å². The molecule has 18 heavy (non-hydrogen) atoms. The molecule has 0 saturated heterocycles. The van der Waals surface area contributed by atoms with Crippen molar-refractivity contribution in [3.63, 3.8) is 0 Å². The molecule has 4 aliphatic rings. The third-order valence-electron chi connectivity index (χ3n) is 5.73. The first-order chi connectivity index (χ1) is 8.60. The molecule has 0 aromatic carbocycles. The van der Waals surface area contributed by atoms with Crippen LogP contribution in [0, 0.1) is 34.5 Å². The van der Waals surface area contributed by atoms with Crippen LogP contribution in [-0.2, 0) is 0 Å². The van der Waals surface area contributed by atoms with Crippen molar-refractivity contribution in [3.8, 4) is 6.07 Å². The van der Waals surface area contributed by atoms with Gasteiger partial charge in [-0.3, -0.25) is 0 Å². The van der Waals surface area contributed by atoms with Gasteiger partial charge in [0.25, 0.3) is 0 Å². The van der Waals surface area contributed by atoms with E-state index in [-0.39, 0.29) is 0 Å². The van der Waals surface area contributed by atoms with E-state index in [9.17, 15) is 0 Å². The lowest BCUT2D eigenvalue weighted by molar-refractivity contribution is -0.0592. The smallest absolute Gasteiger partial charge is 0.116 e. The number of nitrogens with zero attached hydrogens (tertiary/aromatic N) is 2. The third-order valence-corrected chi connectivity index (χ3v) is 5.73. The van der Waals surface area contributed by atoms with Crippen LogP contribution in [0.25, 0.3) is 0 Å². The average molecular weight is 244 g/mol. The zero-order chi connectivity index (χ0) is 12.8. The molecule has 98 valence electrons. The minimum absolute atomic E-state index is 0.611. The van der Waals surface area contributed by atoms with Gasteiger partial charge in [0.05, 0.1) is 0 Å². The summed E-state index contributed by atoms with van der Waals surface area (Å²) in [4.78, 5) is 2.04. The molecule has 4 saturated carbocycles. The summed E-state index contributed by atoms with van der Waals surface area (Å²) in [5, 5.41) is 8.87. The second-order valence-electron chi connectivity index (χ2n) is 7.15. The van der Waals surface area contributed by atoms with Crippen LogP contribution in [-0.4, -0.2) is 18.5 Å². The summed E-state index contributed by atoms with van der Waals surface area (Å²) >= 11 is 0. The lowest BCUT2D eigenvalue weighted by atomic mass is 9.49. The number of hydrogen-bond donors (Lipinski definition) is 0. The van der Waals surface area contributed by atoms with Crippen LogP contribution in [0.1, 0.15) is 44.9 Å². The summed E-state index contributed by atoms with van der Waals surface area (Å²) in [6.45, 7) is 4.82. The van der Waals surface area contributed by atoms with Crippen LogP contribution < -0.4 is 0 Å². The van der Waals surface area contributed by atoms with E-state index >= 15 is 0 Å². The monoisotopic (exact) mass is 244 g/mol. The Kier molecular flexibility index (Phi) is 2.88. The van der Waals surface area contributed by atoms with Crippen LogP contribution >= 0.6 is 0 Å². The number of rotatable bonds is 4. The minimum atomic E-state index is 0.611. The van der Waals surface area contributed by atoms with E-state index in [1.54, 1.807) is 0 Å². The predicted molar refractivity (Wildman–Crippen MR) is 72.6 cm³/mol. The van der Waals surface area contributed by atoms with Gasteiger partial charge in [0, 0.05) is 13.6 Å². The summed E-state index contributed by atoms with van der Waals surface area (Å²) < 4.78 is 0. The van der Waals surface area contributed by atoms with Crippen molar-refractivity contribution in [2.75, 3.05) is 13.6 Å². The Balaban J connectivity index is 1.63. The Morgan fingerprint density at radius 2 is 1.72 bits per heavy atom. The van der Waals surface area contributed by atoms with Gasteiger partial charge in [-0.05, 0) is 68.1 Å². The van der Waals surface area contributed by atoms with Crippen LogP contribution in [0.15, 0.2) is 12.3 Å². The lowest BCUT2D eigenvalue weighted by Crippen LogP contribution is -2.47. The Morgan fingerprint density at radius 3 is 2.17 bits per heavy atom. The van der Waals surface area contributed by atoms with Crippen LogP contribution in [0.4, 0.5) is 0 Å². The zero-order valence-corrected chi connectivity index (χ0v) is 11.5. The highest BCUT2D eigenvalue weighted by Crippen LogP contribution is 2.61. The molecule has 0 unspecified atom stereocenters. The van der Waals surface area contributed by atoms with Gasteiger partial charge in [0.2, 0.25) is 0 Å². The van der Waals surface area contributed by atoms with E-state index in [0.29, 0.717) is 11.1 Å². The van der Waals surface area contributed by atoms with Crippen molar-refractivity contribution in [3.05, 3.63) is 12.3 Å². The highest BCUT2D eigenvalue weighted by atomic mass is 15.1. The van der Waals surface area contributed by atoms with Crippen LogP contribution in [0.3, 0.4) is 0 Å². The molecule has 0 amide bonds. The number of allylic oxidation sites excluding steroid dienone is 1.